The lowest BCUT2D eigenvalue weighted by molar-refractivity contribution is 0.0696. The average molecular weight is 280 g/mol. The summed E-state index contributed by atoms with van der Waals surface area (Å²) in [5.41, 5.74) is 0.261. The van der Waals surface area contributed by atoms with Gasteiger partial charge in [-0.1, -0.05) is 20.8 Å². The molecular weight excluding hydrogens is 252 g/mol. The first-order valence-electron chi connectivity index (χ1n) is 7.39. The molecule has 0 aromatic carbocycles. The Morgan fingerprint density at radius 3 is 2.15 bits per heavy atom. The van der Waals surface area contributed by atoms with E-state index in [0.717, 1.165) is 29.6 Å². The SMILES string of the molecule is CCNc1nc(C(C)C)nc(NCC(C)(O)CC)c1C. The van der Waals surface area contributed by atoms with Gasteiger partial charge in [0.2, 0.25) is 0 Å². The lowest BCUT2D eigenvalue weighted by atomic mass is 10.0. The minimum Gasteiger partial charge on any atom is -0.388 e. The Labute approximate surface area is 122 Å². The fraction of sp³-hybridized carbons (Fsp3) is 0.733. The van der Waals surface area contributed by atoms with Gasteiger partial charge in [0.1, 0.15) is 17.5 Å². The van der Waals surface area contributed by atoms with Gasteiger partial charge in [-0.05, 0) is 27.2 Å². The zero-order valence-corrected chi connectivity index (χ0v) is 13.5. The molecule has 0 amide bonds. The van der Waals surface area contributed by atoms with Gasteiger partial charge in [-0.15, -0.1) is 0 Å². The first kappa shape index (κ1) is 16.7. The number of anilines is 2. The molecule has 1 unspecified atom stereocenters. The fourth-order valence-corrected chi connectivity index (χ4v) is 1.70. The van der Waals surface area contributed by atoms with Crippen molar-refractivity contribution in [3.05, 3.63) is 11.4 Å². The van der Waals surface area contributed by atoms with Crippen LogP contribution in [0.15, 0.2) is 0 Å². The van der Waals surface area contributed by atoms with Crippen LogP contribution in [0.4, 0.5) is 11.6 Å². The van der Waals surface area contributed by atoms with E-state index < -0.39 is 5.60 Å². The molecule has 0 aliphatic heterocycles. The number of aliphatic hydroxyl groups is 1. The lowest BCUT2D eigenvalue weighted by Crippen LogP contribution is -2.33. The maximum Gasteiger partial charge on any atom is 0.135 e. The molecule has 0 aliphatic rings. The van der Waals surface area contributed by atoms with Crippen molar-refractivity contribution >= 4 is 11.6 Å². The second-order valence-corrected chi connectivity index (χ2v) is 5.79. The van der Waals surface area contributed by atoms with Crippen LogP contribution in [-0.2, 0) is 0 Å². The molecule has 0 spiro atoms. The summed E-state index contributed by atoms with van der Waals surface area (Å²) < 4.78 is 0. The van der Waals surface area contributed by atoms with Crippen LogP contribution in [0.3, 0.4) is 0 Å². The van der Waals surface area contributed by atoms with Gasteiger partial charge in [-0.3, -0.25) is 0 Å². The molecule has 0 bridgehead atoms. The van der Waals surface area contributed by atoms with E-state index in [1.165, 1.54) is 0 Å². The van der Waals surface area contributed by atoms with Crippen LogP contribution in [0, 0.1) is 6.92 Å². The second kappa shape index (κ2) is 6.88. The molecule has 0 fully saturated rings. The van der Waals surface area contributed by atoms with Crippen LogP contribution in [0.1, 0.15) is 58.3 Å². The predicted molar refractivity (Wildman–Crippen MR) is 84.4 cm³/mol. The topological polar surface area (TPSA) is 70.1 Å². The quantitative estimate of drug-likeness (QED) is 0.716. The zero-order chi connectivity index (χ0) is 15.3. The molecule has 1 heterocycles. The Kier molecular flexibility index (Phi) is 5.74. The highest BCUT2D eigenvalue weighted by molar-refractivity contribution is 5.57. The number of nitrogens with zero attached hydrogens (tertiary/aromatic N) is 2. The smallest absolute Gasteiger partial charge is 0.135 e. The predicted octanol–water partition coefficient (Wildman–Crippen LogP) is 2.91. The van der Waals surface area contributed by atoms with E-state index in [2.05, 4.69) is 34.4 Å². The molecule has 0 saturated heterocycles. The van der Waals surface area contributed by atoms with Crippen LogP contribution < -0.4 is 10.6 Å². The molecule has 1 aromatic heterocycles. The van der Waals surface area contributed by atoms with E-state index in [4.69, 9.17) is 0 Å². The van der Waals surface area contributed by atoms with Gasteiger partial charge in [0.25, 0.3) is 0 Å². The van der Waals surface area contributed by atoms with Gasteiger partial charge in [0.15, 0.2) is 0 Å². The Hall–Kier alpha value is -1.36. The number of hydrogen-bond acceptors (Lipinski definition) is 5. The minimum absolute atomic E-state index is 0.264. The first-order valence-corrected chi connectivity index (χ1v) is 7.39. The lowest BCUT2D eigenvalue weighted by Gasteiger charge is -2.23. The Balaban J connectivity index is 3.04. The molecule has 5 heteroatoms. The highest BCUT2D eigenvalue weighted by Crippen LogP contribution is 2.23. The summed E-state index contributed by atoms with van der Waals surface area (Å²) in [6, 6.07) is 0. The minimum atomic E-state index is -0.728. The molecule has 1 atom stereocenters. The number of rotatable bonds is 7. The van der Waals surface area contributed by atoms with Crippen molar-refractivity contribution in [2.24, 2.45) is 0 Å². The monoisotopic (exact) mass is 280 g/mol. The van der Waals surface area contributed by atoms with E-state index in [9.17, 15) is 5.11 Å². The second-order valence-electron chi connectivity index (χ2n) is 5.79. The maximum absolute atomic E-state index is 10.1. The Morgan fingerprint density at radius 1 is 1.15 bits per heavy atom. The average Bonchev–Trinajstić information content (AvgIpc) is 2.39. The molecular formula is C15H28N4O. The van der Waals surface area contributed by atoms with Gasteiger partial charge in [0, 0.05) is 24.6 Å². The van der Waals surface area contributed by atoms with Gasteiger partial charge < -0.3 is 15.7 Å². The number of hydrogen-bond donors (Lipinski definition) is 3. The van der Waals surface area contributed by atoms with Crippen LogP contribution >= 0.6 is 0 Å². The molecule has 5 nitrogen and oxygen atoms in total. The van der Waals surface area contributed by atoms with Crippen molar-refractivity contribution in [2.45, 2.75) is 59.5 Å². The zero-order valence-electron chi connectivity index (χ0n) is 13.5. The summed E-state index contributed by atoms with van der Waals surface area (Å²) in [5, 5.41) is 16.6. The van der Waals surface area contributed by atoms with Crippen LogP contribution in [-0.4, -0.2) is 33.8 Å². The summed E-state index contributed by atoms with van der Waals surface area (Å²) >= 11 is 0. The van der Waals surface area contributed by atoms with Crippen molar-refractivity contribution in [3.8, 4) is 0 Å². The third kappa shape index (κ3) is 4.34. The number of nitrogens with one attached hydrogen (secondary N) is 2. The van der Waals surface area contributed by atoms with Crippen molar-refractivity contribution in [2.75, 3.05) is 23.7 Å². The molecule has 114 valence electrons. The van der Waals surface area contributed by atoms with E-state index in [0.29, 0.717) is 13.0 Å². The van der Waals surface area contributed by atoms with Crippen LogP contribution in [0.25, 0.3) is 0 Å². The summed E-state index contributed by atoms with van der Waals surface area (Å²) in [7, 11) is 0. The standard InChI is InChI=1S/C15H28N4O/c1-7-15(6,20)9-17-14-11(5)13(16-8-2)18-12(19-14)10(3)4/h10,20H,7-9H2,1-6H3,(H2,16,17,18,19). The van der Waals surface area contributed by atoms with E-state index >= 15 is 0 Å². The molecule has 1 rings (SSSR count). The summed E-state index contributed by atoms with van der Waals surface area (Å²) in [5.74, 6) is 2.74. The molecule has 20 heavy (non-hydrogen) atoms. The van der Waals surface area contributed by atoms with Crippen molar-refractivity contribution in [1.29, 1.82) is 0 Å². The Bertz CT molecular complexity index is 444. The van der Waals surface area contributed by atoms with Crippen LogP contribution in [0.5, 0.6) is 0 Å². The van der Waals surface area contributed by atoms with Crippen LogP contribution in [0.2, 0.25) is 0 Å². The van der Waals surface area contributed by atoms with Gasteiger partial charge in [-0.25, -0.2) is 9.97 Å². The third-order valence-electron chi connectivity index (χ3n) is 3.42. The largest absolute Gasteiger partial charge is 0.388 e. The molecule has 0 aliphatic carbocycles. The first-order chi connectivity index (χ1) is 9.30. The van der Waals surface area contributed by atoms with E-state index in [-0.39, 0.29) is 5.92 Å². The molecule has 3 N–H and O–H groups in total. The highest BCUT2D eigenvalue weighted by atomic mass is 16.3. The van der Waals surface area contributed by atoms with Crippen molar-refractivity contribution < 1.29 is 5.11 Å². The maximum atomic E-state index is 10.1. The normalized spacial score (nSPS) is 14.2. The molecule has 0 saturated carbocycles. The molecule has 0 radical (unpaired) electrons. The van der Waals surface area contributed by atoms with Gasteiger partial charge >= 0.3 is 0 Å². The van der Waals surface area contributed by atoms with Crippen molar-refractivity contribution in [1.82, 2.24) is 9.97 Å². The van der Waals surface area contributed by atoms with E-state index in [1.54, 1.807) is 0 Å². The highest BCUT2D eigenvalue weighted by Gasteiger charge is 2.19. The fourth-order valence-electron chi connectivity index (χ4n) is 1.70. The third-order valence-corrected chi connectivity index (χ3v) is 3.42. The van der Waals surface area contributed by atoms with Crippen molar-refractivity contribution in [3.63, 3.8) is 0 Å². The van der Waals surface area contributed by atoms with E-state index in [1.807, 2.05) is 27.7 Å². The summed E-state index contributed by atoms with van der Waals surface area (Å²) in [4.78, 5) is 9.14. The molecule has 1 aromatic rings. The summed E-state index contributed by atoms with van der Waals surface area (Å²) in [6.07, 6.45) is 0.696. The van der Waals surface area contributed by atoms with Gasteiger partial charge in [-0.2, -0.15) is 0 Å². The number of aromatic nitrogens is 2. The van der Waals surface area contributed by atoms with Gasteiger partial charge in [0.05, 0.1) is 5.60 Å². The summed E-state index contributed by atoms with van der Waals surface area (Å²) in [6.45, 7) is 13.3. The Morgan fingerprint density at radius 2 is 1.70 bits per heavy atom.